The summed E-state index contributed by atoms with van der Waals surface area (Å²) >= 11 is 3.46. The van der Waals surface area contributed by atoms with Crippen molar-refractivity contribution < 1.29 is 4.79 Å². The van der Waals surface area contributed by atoms with Crippen LogP contribution in [0.2, 0.25) is 0 Å². The summed E-state index contributed by atoms with van der Waals surface area (Å²) in [7, 11) is 0. The van der Waals surface area contributed by atoms with E-state index < -0.39 is 0 Å². The molecule has 2 nitrogen and oxygen atoms in total. The predicted octanol–water partition coefficient (Wildman–Crippen LogP) is 3.46. The van der Waals surface area contributed by atoms with Gasteiger partial charge in [0.2, 0.25) is 5.91 Å². The van der Waals surface area contributed by atoms with Crippen LogP contribution in [0, 0.1) is 6.92 Å². The zero-order chi connectivity index (χ0) is 12.7. The van der Waals surface area contributed by atoms with Gasteiger partial charge in [-0.3, -0.25) is 4.79 Å². The minimum absolute atomic E-state index is 0.0840. The topological polar surface area (TPSA) is 29.1 Å². The van der Waals surface area contributed by atoms with Gasteiger partial charge in [0.25, 0.3) is 0 Å². The van der Waals surface area contributed by atoms with Crippen LogP contribution in [0.3, 0.4) is 0 Å². The van der Waals surface area contributed by atoms with Crippen LogP contribution in [0.5, 0.6) is 0 Å². The molecule has 0 bridgehead atoms. The fraction of sp³-hybridized carbons (Fsp3) is 0.214. The summed E-state index contributed by atoms with van der Waals surface area (Å²) < 4.78 is 0.993. The van der Waals surface area contributed by atoms with Crippen molar-refractivity contribution in [2.45, 2.75) is 13.3 Å². The van der Waals surface area contributed by atoms with Crippen molar-refractivity contribution in [3.63, 3.8) is 0 Å². The second-order valence-electron chi connectivity index (χ2n) is 3.73. The molecule has 0 fully saturated rings. The van der Waals surface area contributed by atoms with Crippen molar-refractivity contribution in [2.24, 2.45) is 0 Å². The van der Waals surface area contributed by atoms with Gasteiger partial charge in [0.1, 0.15) is 0 Å². The van der Waals surface area contributed by atoms with E-state index >= 15 is 0 Å². The molecular weight excluding hydrogens is 278 g/mol. The van der Waals surface area contributed by atoms with Crippen molar-refractivity contribution in [3.8, 4) is 0 Å². The van der Waals surface area contributed by atoms with Gasteiger partial charge >= 0.3 is 0 Å². The summed E-state index contributed by atoms with van der Waals surface area (Å²) in [6, 6.07) is 6.02. The smallest absolute Gasteiger partial charge is 0.244 e. The Bertz CT molecular complexity index is 438. The summed E-state index contributed by atoms with van der Waals surface area (Å²) in [4.78, 5) is 11.4. The zero-order valence-electron chi connectivity index (χ0n) is 9.87. The molecule has 0 radical (unpaired) electrons. The number of halogens is 1. The van der Waals surface area contributed by atoms with E-state index in [1.165, 1.54) is 5.56 Å². The minimum atomic E-state index is -0.0840. The van der Waals surface area contributed by atoms with E-state index in [0.29, 0.717) is 6.54 Å². The molecule has 0 saturated carbocycles. The first kappa shape index (κ1) is 13.7. The molecule has 0 aromatic heterocycles. The molecule has 1 aromatic rings. The van der Waals surface area contributed by atoms with Crippen molar-refractivity contribution in [1.82, 2.24) is 5.32 Å². The number of benzene rings is 1. The van der Waals surface area contributed by atoms with Crippen molar-refractivity contribution in [1.29, 1.82) is 0 Å². The third-order valence-electron chi connectivity index (χ3n) is 2.22. The molecule has 17 heavy (non-hydrogen) atoms. The number of amides is 1. The Morgan fingerprint density at radius 2 is 2.29 bits per heavy atom. The van der Waals surface area contributed by atoms with Gasteiger partial charge in [-0.2, -0.15) is 0 Å². The fourth-order valence-electron chi connectivity index (χ4n) is 1.29. The van der Waals surface area contributed by atoms with Crippen LogP contribution in [-0.4, -0.2) is 12.5 Å². The van der Waals surface area contributed by atoms with Gasteiger partial charge in [-0.1, -0.05) is 34.1 Å². The third kappa shape index (κ3) is 5.00. The third-order valence-corrected chi connectivity index (χ3v) is 2.90. The summed E-state index contributed by atoms with van der Waals surface area (Å²) in [5.41, 5.74) is 2.18. The number of hydrogen-bond donors (Lipinski definition) is 1. The maximum atomic E-state index is 11.4. The van der Waals surface area contributed by atoms with Crippen molar-refractivity contribution in [2.75, 3.05) is 6.54 Å². The van der Waals surface area contributed by atoms with Gasteiger partial charge < -0.3 is 5.32 Å². The molecular formula is C14H16BrNO. The average Bonchev–Trinajstić information content (AvgIpc) is 2.28. The van der Waals surface area contributed by atoms with Gasteiger partial charge in [-0.05, 0) is 36.6 Å². The Morgan fingerprint density at radius 1 is 1.53 bits per heavy atom. The molecule has 0 unspecified atom stereocenters. The Morgan fingerprint density at radius 3 is 2.94 bits per heavy atom. The average molecular weight is 294 g/mol. The molecule has 0 spiro atoms. The molecule has 0 saturated heterocycles. The Balaban J connectivity index is 2.57. The van der Waals surface area contributed by atoms with Crippen LogP contribution < -0.4 is 5.32 Å². The monoisotopic (exact) mass is 293 g/mol. The van der Waals surface area contributed by atoms with Gasteiger partial charge in [-0.15, -0.1) is 6.58 Å². The lowest BCUT2D eigenvalue weighted by atomic mass is 10.1. The Hall–Kier alpha value is -1.35. The largest absolute Gasteiger partial charge is 0.352 e. The summed E-state index contributed by atoms with van der Waals surface area (Å²) in [5, 5.41) is 2.77. The second kappa shape index (κ2) is 7.07. The minimum Gasteiger partial charge on any atom is -0.352 e. The van der Waals surface area contributed by atoms with Gasteiger partial charge in [0, 0.05) is 17.1 Å². The van der Waals surface area contributed by atoms with E-state index in [-0.39, 0.29) is 5.91 Å². The maximum absolute atomic E-state index is 11.4. The highest BCUT2D eigenvalue weighted by Gasteiger charge is 1.97. The number of rotatable bonds is 5. The SMILES string of the molecule is C=CCCNC(=O)/C=C/c1ccc(C)cc1Br. The highest BCUT2D eigenvalue weighted by atomic mass is 79.9. The number of aryl methyl sites for hydroxylation is 1. The van der Waals surface area contributed by atoms with E-state index in [4.69, 9.17) is 0 Å². The van der Waals surface area contributed by atoms with E-state index in [1.807, 2.05) is 25.1 Å². The molecule has 3 heteroatoms. The van der Waals surface area contributed by atoms with E-state index in [9.17, 15) is 4.79 Å². The number of carbonyl (C=O) groups is 1. The van der Waals surface area contributed by atoms with E-state index in [2.05, 4.69) is 27.8 Å². The number of hydrogen-bond acceptors (Lipinski definition) is 1. The Labute approximate surface area is 111 Å². The van der Waals surface area contributed by atoms with Gasteiger partial charge in [-0.25, -0.2) is 0 Å². The van der Waals surface area contributed by atoms with Crippen LogP contribution in [0.15, 0.2) is 41.4 Å². The molecule has 1 aromatic carbocycles. The van der Waals surface area contributed by atoms with Crippen molar-refractivity contribution in [3.05, 3.63) is 52.5 Å². The van der Waals surface area contributed by atoms with E-state index in [1.54, 1.807) is 18.2 Å². The molecule has 0 atom stereocenters. The molecule has 1 amide bonds. The van der Waals surface area contributed by atoms with Crippen LogP contribution in [-0.2, 0) is 4.79 Å². The van der Waals surface area contributed by atoms with Crippen LogP contribution >= 0.6 is 15.9 Å². The standard InChI is InChI=1S/C14H16BrNO/c1-3-4-9-16-14(17)8-7-12-6-5-11(2)10-13(12)15/h3,5-8,10H,1,4,9H2,2H3,(H,16,17)/b8-7+. The first-order valence-electron chi connectivity index (χ1n) is 5.46. The van der Waals surface area contributed by atoms with Crippen LogP contribution in [0.4, 0.5) is 0 Å². The summed E-state index contributed by atoms with van der Waals surface area (Å²) in [5.74, 6) is -0.0840. The summed E-state index contributed by atoms with van der Waals surface area (Å²) in [6.45, 7) is 6.25. The maximum Gasteiger partial charge on any atom is 0.244 e. The molecule has 1 rings (SSSR count). The number of nitrogens with one attached hydrogen (secondary N) is 1. The lowest BCUT2D eigenvalue weighted by Gasteiger charge is -2.01. The van der Waals surface area contributed by atoms with Crippen LogP contribution in [0.1, 0.15) is 17.5 Å². The quantitative estimate of drug-likeness (QED) is 0.503. The second-order valence-corrected chi connectivity index (χ2v) is 4.58. The van der Waals surface area contributed by atoms with Gasteiger partial charge in [0.05, 0.1) is 0 Å². The zero-order valence-corrected chi connectivity index (χ0v) is 11.5. The molecule has 1 N–H and O–H groups in total. The lowest BCUT2D eigenvalue weighted by Crippen LogP contribution is -2.21. The molecule has 90 valence electrons. The van der Waals surface area contributed by atoms with Crippen molar-refractivity contribution >= 4 is 27.9 Å². The Kier molecular flexibility index (Phi) is 5.70. The molecule has 0 heterocycles. The molecule has 0 aliphatic rings. The van der Waals surface area contributed by atoms with Crippen LogP contribution in [0.25, 0.3) is 6.08 Å². The first-order valence-corrected chi connectivity index (χ1v) is 6.25. The van der Waals surface area contributed by atoms with E-state index in [0.717, 1.165) is 16.5 Å². The predicted molar refractivity (Wildman–Crippen MR) is 75.7 cm³/mol. The normalized spacial score (nSPS) is 10.5. The molecule has 0 aliphatic carbocycles. The molecule has 0 aliphatic heterocycles. The fourth-order valence-corrected chi connectivity index (χ4v) is 1.91. The lowest BCUT2D eigenvalue weighted by molar-refractivity contribution is -0.116. The highest BCUT2D eigenvalue weighted by molar-refractivity contribution is 9.10. The number of carbonyl (C=O) groups excluding carboxylic acids is 1. The summed E-state index contributed by atoms with van der Waals surface area (Å²) in [6.07, 6.45) is 5.90. The highest BCUT2D eigenvalue weighted by Crippen LogP contribution is 2.19. The first-order chi connectivity index (χ1) is 8.13. The van der Waals surface area contributed by atoms with Gasteiger partial charge in [0.15, 0.2) is 0 Å².